The van der Waals surface area contributed by atoms with Crippen LogP contribution in [0.15, 0.2) is 18.3 Å². The van der Waals surface area contributed by atoms with Crippen LogP contribution in [0, 0.1) is 12.8 Å². The Morgan fingerprint density at radius 3 is 2.38 bits per heavy atom. The van der Waals surface area contributed by atoms with Crippen molar-refractivity contribution in [1.29, 1.82) is 0 Å². The molecule has 0 aliphatic carbocycles. The molecular weight excluding hydrogens is 260 g/mol. The quantitative estimate of drug-likeness (QED) is 0.934. The molecule has 114 valence electrons. The molecule has 0 aliphatic rings. The molecule has 2 rings (SSSR count). The lowest BCUT2D eigenvalue weighted by Crippen LogP contribution is -2.21. The molecule has 2 aromatic rings. The summed E-state index contributed by atoms with van der Waals surface area (Å²) in [6.07, 6.45) is 1.85. The standard InChI is InChI=1S/C17H26N4/c1-11(2)10-21-15(18)14(20-16(21)17(4,5)6)13-8-7-12(3)19-9-13/h7-9,11H,10,18H2,1-6H3. The topological polar surface area (TPSA) is 56.7 Å². The molecule has 0 saturated heterocycles. The molecule has 4 nitrogen and oxygen atoms in total. The van der Waals surface area contributed by atoms with Gasteiger partial charge in [0, 0.05) is 29.4 Å². The van der Waals surface area contributed by atoms with Crippen LogP contribution in [0.2, 0.25) is 0 Å². The molecule has 2 heterocycles. The van der Waals surface area contributed by atoms with E-state index in [2.05, 4.69) is 44.2 Å². The number of imidazole rings is 1. The van der Waals surface area contributed by atoms with Crippen LogP contribution in [0.25, 0.3) is 11.3 Å². The first kappa shape index (κ1) is 15.5. The first-order valence-electron chi connectivity index (χ1n) is 7.49. The first-order valence-corrected chi connectivity index (χ1v) is 7.49. The van der Waals surface area contributed by atoms with Crippen molar-refractivity contribution in [2.75, 3.05) is 5.73 Å². The van der Waals surface area contributed by atoms with Crippen molar-refractivity contribution in [2.24, 2.45) is 5.92 Å². The second-order valence-corrected chi connectivity index (χ2v) is 7.11. The Morgan fingerprint density at radius 2 is 1.90 bits per heavy atom. The number of rotatable bonds is 3. The fourth-order valence-corrected chi connectivity index (χ4v) is 2.41. The smallest absolute Gasteiger partial charge is 0.131 e. The Balaban J connectivity index is 2.58. The summed E-state index contributed by atoms with van der Waals surface area (Å²) in [6.45, 7) is 13.8. The number of anilines is 1. The minimum absolute atomic E-state index is 0.0423. The number of nitrogens with zero attached hydrogens (tertiary/aromatic N) is 3. The lowest BCUT2D eigenvalue weighted by atomic mass is 9.95. The number of aromatic nitrogens is 3. The first-order chi connectivity index (χ1) is 9.70. The highest BCUT2D eigenvalue weighted by molar-refractivity contribution is 5.70. The molecule has 4 heteroatoms. The Morgan fingerprint density at radius 1 is 1.24 bits per heavy atom. The predicted molar refractivity (Wildman–Crippen MR) is 88.1 cm³/mol. The van der Waals surface area contributed by atoms with Gasteiger partial charge in [0.1, 0.15) is 17.3 Å². The van der Waals surface area contributed by atoms with E-state index < -0.39 is 0 Å². The Hall–Kier alpha value is -1.84. The fourth-order valence-electron chi connectivity index (χ4n) is 2.41. The van der Waals surface area contributed by atoms with Gasteiger partial charge in [0.2, 0.25) is 0 Å². The van der Waals surface area contributed by atoms with Gasteiger partial charge < -0.3 is 10.3 Å². The lowest BCUT2D eigenvalue weighted by Gasteiger charge is -2.21. The molecule has 0 saturated carbocycles. The number of hydrogen-bond donors (Lipinski definition) is 1. The molecule has 0 atom stereocenters. The lowest BCUT2D eigenvalue weighted by molar-refractivity contribution is 0.455. The van der Waals surface area contributed by atoms with Crippen molar-refractivity contribution in [3.63, 3.8) is 0 Å². The van der Waals surface area contributed by atoms with Gasteiger partial charge >= 0.3 is 0 Å². The summed E-state index contributed by atoms with van der Waals surface area (Å²) in [5.74, 6) is 2.29. The van der Waals surface area contributed by atoms with Crippen LogP contribution in [0.3, 0.4) is 0 Å². The van der Waals surface area contributed by atoms with Crippen molar-refractivity contribution in [3.05, 3.63) is 29.8 Å². The summed E-state index contributed by atoms with van der Waals surface area (Å²) in [5, 5.41) is 0. The highest BCUT2D eigenvalue weighted by Gasteiger charge is 2.25. The Labute approximate surface area is 127 Å². The summed E-state index contributed by atoms with van der Waals surface area (Å²) in [4.78, 5) is 9.19. The third kappa shape index (κ3) is 3.26. The molecule has 0 radical (unpaired) electrons. The highest BCUT2D eigenvalue weighted by Crippen LogP contribution is 2.32. The van der Waals surface area contributed by atoms with E-state index in [1.54, 1.807) is 0 Å². The van der Waals surface area contributed by atoms with Crippen LogP contribution >= 0.6 is 0 Å². The number of aryl methyl sites for hydroxylation is 1. The maximum atomic E-state index is 6.39. The number of hydrogen-bond acceptors (Lipinski definition) is 3. The second kappa shape index (κ2) is 5.51. The highest BCUT2D eigenvalue weighted by atomic mass is 15.2. The zero-order valence-electron chi connectivity index (χ0n) is 13.9. The summed E-state index contributed by atoms with van der Waals surface area (Å²) in [7, 11) is 0. The van der Waals surface area contributed by atoms with E-state index in [1.807, 2.05) is 25.3 Å². The van der Waals surface area contributed by atoms with Crippen molar-refractivity contribution >= 4 is 5.82 Å². The van der Waals surface area contributed by atoms with Gasteiger partial charge in [-0.2, -0.15) is 0 Å². The normalized spacial score (nSPS) is 12.1. The third-order valence-corrected chi connectivity index (χ3v) is 3.41. The van der Waals surface area contributed by atoms with Gasteiger partial charge in [0.25, 0.3) is 0 Å². The molecule has 2 aromatic heterocycles. The van der Waals surface area contributed by atoms with Crippen LogP contribution < -0.4 is 5.73 Å². The summed E-state index contributed by atoms with van der Waals surface area (Å²) >= 11 is 0. The molecule has 0 amide bonds. The average molecular weight is 286 g/mol. The molecule has 21 heavy (non-hydrogen) atoms. The fraction of sp³-hybridized carbons (Fsp3) is 0.529. The van der Waals surface area contributed by atoms with Crippen LogP contribution in [-0.2, 0) is 12.0 Å². The SMILES string of the molecule is Cc1ccc(-c2nc(C(C)(C)C)n(CC(C)C)c2N)cn1. The van der Waals surface area contributed by atoms with E-state index in [0.29, 0.717) is 5.92 Å². The average Bonchev–Trinajstić information content (AvgIpc) is 2.68. The molecule has 2 N–H and O–H groups in total. The molecule has 0 aliphatic heterocycles. The van der Waals surface area contributed by atoms with Crippen molar-refractivity contribution < 1.29 is 0 Å². The van der Waals surface area contributed by atoms with Crippen molar-refractivity contribution in [2.45, 2.75) is 53.5 Å². The van der Waals surface area contributed by atoms with Gasteiger partial charge in [0.05, 0.1) is 0 Å². The zero-order valence-corrected chi connectivity index (χ0v) is 13.9. The molecular formula is C17H26N4. The van der Waals surface area contributed by atoms with Crippen LogP contribution in [0.5, 0.6) is 0 Å². The van der Waals surface area contributed by atoms with Gasteiger partial charge in [-0.05, 0) is 25.0 Å². The Bertz CT molecular complexity index is 615. The molecule has 0 aromatic carbocycles. The zero-order chi connectivity index (χ0) is 15.8. The van der Waals surface area contributed by atoms with Gasteiger partial charge in [-0.1, -0.05) is 34.6 Å². The maximum Gasteiger partial charge on any atom is 0.131 e. The summed E-state index contributed by atoms with van der Waals surface area (Å²) in [6, 6.07) is 4.03. The largest absolute Gasteiger partial charge is 0.383 e. The third-order valence-electron chi connectivity index (χ3n) is 3.41. The van der Waals surface area contributed by atoms with Crippen LogP contribution in [-0.4, -0.2) is 14.5 Å². The minimum atomic E-state index is -0.0423. The van der Waals surface area contributed by atoms with Gasteiger partial charge in [-0.3, -0.25) is 4.98 Å². The number of nitrogen functional groups attached to an aromatic ring is 1. The predicted octanol–water partition coefficient (Wildman–Crippen LogP) is 3.79. The molecule has 0 unspecified atom stereocenters. The second-order valence-electron chi connectivity index (χ2n) is 7.11. The van der Waals surface area contributed by atoms with Gasteiger partial charge in [0.15, 0.2) is 0 Å². The van der Waals surface area contributed by atoms with Crippen LogP contribution in [0.4, 0.5) is 5.82 Å². The van der Waals surface area contributed by atoms with Crippen molar-refractivity contribution in [3.8, 4) is 11.3 Å². The summed E-state index contributed by atoms with van der Waals surface area (Å²) in [5.41, 5.74) is 9.16. The summed E-state index contributed by atoms with van der Waals surface area (Å²) < 4.78 is 2.15. The molecule has 0 spiro atoms. The number of nitrogens with two attached hydrogens (primary N) is 1. The van der Waals surface area contributed by atoms with Crippen LogP contribution in [0.1, 0.15) is 46.1 Å². The van der Waals surface area contributed by atoms with E-state index in [1.165, 1.54) is 0 Å². The minimum Gasteiger partial charge on any atom is -0.383 e. The van der Waals surface area contributed by atoms with Gasteiger partial charge in [-0.25, -0.2) is 4.98 Å². The van der Waals surface area contributed by atoms with Crippen molar-refractivity contribution in [1.82, 2.24) is 14.5 Å². The van der Waals surface area contributed by atoms with E-state index in [0.717, 1.165) is 35.1 Å². The van der Waals surface area contributed by atoms with Gasteiger partial charge in [-0.15, -0.1) is 0 Å². The molecule has 0 fully saturated rings. The maximum absolute atomic E-state index is 6.39. The van der Waals surface area contributed by atoms with E-state index in [9.17, 15) is 0 Å². The van der Waals surface area contributed by atoms with E-state index in [4.69, 9.17) is 10.7 Å². The molecule has 0 bridgehead atoms. The Kier molecular flexibility index (Phi) is 4.08. The number of pyridine rings is 1. The van der Waals surface area contributed by atoms with E-state index in [-0.39, 0.29) is 5.41 Å². The monoisotopic (exact) mass is 286 g/mol. The van der Waals surface area contributed by atoms with E-state index >= 15 is 0 Å².